The molecule has 0 saturated carbocycles. The molecule has 0 aliphatic heterocycles. The lowest BCUT2D eigenvalue weighted by Gasteiger charge is -2.04. The summed E-state index contributed by atoms with van der Waals surface area (Å²) in [6, 6.07) is 15.3. The molecule has 134 valence electrons. The Kier molecular flexibility index (Phi) is 5.63. The van der Waals surface area contributed by atoms with Crippen molar-refractivity contribution < 1.29 is 23.2 Å². The Morgan fingerprint density at radius 1 is 1.15 bits per heavy atom. The van der Waals surface area contributed by atoms with Gasteiger partial charge in [-0.3, -0.25) is 4.79 Å². The molecule has 0 unspecified atom stereocenters. The van der Waals surface area contributed by atoms with Crippen LogP contribution < -0.4 is 4.74 Å². The molecule has 0 aliphatic carbocycles. The molecule has 0 amide bonds. The van der Waals surface area contributed by atoms with Crippen molar-refractivity contribution in [2.45, 2.75) is 19.4 Å². The number of ether oxygens (including phenoxy) is 2. The van der Waals surface area contributed by atoms with E-state index >= 15 is 0 Å². The predicted octanol–water partition coefficient (Wildman–Crippen LogP) is 4.17. The highest BCUT2D eigenvalue weighted by Gasteiger charge is 2.12. The monoisotopic (exact) mass is 355 g/mol. The number of aromatic nitrogens is 1. The number of esters is 1. The maximum Gasteiger partial charge on any atom is 0.306 e. The smallest absolute Gasteiger partial charge is 0.306 e. The fourth-order valence-corrected chi connectivity index (χ4v) is 2.43. The largest absolute Gasteiger partial charge is 0.497 e. The summed E-state index contributed by atoms with van der Waals surface area (Å²) in [5, 5.41) is 3.81. The molecule has 26 heavy (non-hydrogen) atoms. The van der Waals surface area contributed by atoms with Crippen LogP contribution in [0.25, 0.3) is 11.3 Å². The molecule has 0 saturated heterocycles. The zero-order valence-corrected chi connectivity index (χ0v) is 14.3. The van der Waals surface area contributed by atoms with Gasteiger partial charge in [0, 0.05) is 12.5 Å². The van der Waals surface area contributed by atoms with E-state index in [1.807, 2.05) is 24.3 Å². The quantitative estimate of drug-likeness (QED) is 0.596. The van der Waals surface area contributed by atoms with Gasteiger partial charge in [-0.25, -0.2) is 4.39 Å². The van der Waals surface area contributed by atoms with Crippen LogP contribution in [-0.2, 0) is 22.6 Å². The molecule has 1 heterocycles. The molecular formula is C20H18FNO4. The van der Waals surface area contributed by atoms with E-state index in [-0.39, 0.29) is 19.0 Å². The summed E-state index contributed by atoms with van der Waals surface area (Å²) in [5.41, 5.74) is 1.77. The molecule has 3 rings (SSSR count). The molecule has 6 heteroatoms. The summed E-state index contributed by atoms with van der Waals surface area (Å²) in [6.07, 6.45) is 0.826. The number of methoxy groups -OCH3 is 1. The van der Waals surface area contributed by atoms with Gasteiger partial charge in [0.25, 0.3) is 0 Å². The van der Waals surface area contributed by atoms with Crippen molar-refractivity contribution in [2.24, 2.45) is 0 Å². The summed E-state index contributed by atoms with van der Waals surface area (Å²) in [5.74, 6) is 0.336. The number of carbonyl (C=O) groups excluding carboxylic acids is 1. The highest BCUT2D eigenvalue weighted by Crippen LogP contribution is 2.23. The number of carbonyl (C=O) groups is 1. The van der Waals surface area contributed by atoms with E-state index in [9.17, 15) is 9.18 Å². The number of hydrogen-bond donors (Lipinski definition) is 0. The molecule has 2 aromatic carbocycles. The fourth-order valence-electron chi connectivity index (χ4n) is 2.43. The first-order valence-corrected chi connectivity index (χ1v) is 8.15. The van der Waals surface area contributed by atoms with Gasteiger partial charge in [0.1, 0.15) is 23.9 Å². The minimum Gasteiger partial charge on any atom is -0.497 e. The van der Waals surface area contributed by atoms with Gasteiger partial charge in [-0.2, -0.15) is 0 Å². The van der Waals surface area contributed by atoms with Crippen LogP contribution in [0.4, 0.5) is 4.39 Å². The first-order valence-electron chi connectivity index (χ1n) is 8.15. The minimum atomic E-state index is -0.397. The third kappa shape index (κ3) is 4.47. The Morgan fingerprint density at radius 2 is 1.92 bits per heavy atom. The number of nitrogens with zero attached hydrogens (tertiary/aromatic N) is 1. The van der Waals surface area contributed by atoms with Crippen LogP contribution in [0.15, 0.2) is 59.1 Å². The van der Waals surface area contributed by atoms with Crippen LogP contribution in [0.1, 0.15) is 17.7 Å². The second-order valence-corrected chi connectivity index (χ2v) is 5.67. The van der Waals surface area contributed by atoms with E-state index < -0.39 is 5.82 Å². The predicted molar refractivity (Wildman–Crippen MR) is 93.0 cm³/mol. The van der Waals surface area contributed by atoms with Gasteiger partial charge < -0.3 is 14.0 Å². The summed E-state index contributed by atoms with van der Waals surface area (Å²) < 4.78 is 29.1. The van der Waals surface area contributed by atoms with Crippen LogP contribution in [0.3, 0.4) is 0 Å². The summed E-state index contributed by atoms with van der Waals surface area (Å²) in [6.45, 7) is -0.0145. The van der Waals surface area contributed by atoms with Gasteiger partial charge in [0.05, 0.1) is 12.7 Å². The Hall–Kier alpha value is -3.15. The molecule has 0 atom stereocenters. The molecule has 0 fully saturated rings. The van der Waals surface area contributed by atoms with E-state index in [2.05, 4.69) is 5.16 Å². The van der Waals surface area contributed by atoms with Crippen LogP contribution in [0, 0.1) is 5.82 Å². The highest BCUT2D eigenvalue weighted by molar-refractivity contribution is 5.69. The van der Waals surface area contributed by atoms with Crippen LogP contribution in [-0.4, -0.2) is 18.2 Å². The number of hydrogen-bond acceptors (Lipinski definition) is 5. The summed E-state index contributed by atoms with van der Waals surface area (Å²) >= 11 is 0. The van der Waals surface area contributed by atoms with Crippen LogP contribution >= 0.6 is 0 Å². The standard InChI is InChI=1S/C20H18FNO4/c1-24-16-9-6-14(7-10-16)8-11-20(23)25-13-15-12-19(26-22-15)17-4-2-3-5-18(17)21/h2-7,9-10,12H,8,11,13H2,1H3. The van der Waals surface area contributed by atoms with Crippen molar-refractivity contribution in [1.29, 1.82) is 0 Å². The molecule has 1 aromatic heterocycles. The summed E-state index contributed by atoms with van der Waals surface area (Å²) in [4.78, 5) is 11.9. The lowest BCUT2D eigenvalue weighted by atomic mass is 10.1. The summed E-state index contributed by atoms with van der Waals surface area (Å²) in [7, 11) is 1.61. The normalized spacial score (nSPS) is 10.5. The fraction of sp³-hybridized carbons (Fsp3) is 0.200. The van der Waals surface area contributed by atoms with E-state index in [1.165, 1.54) is 6.07 Å². The van der Waals surface area contributed by atoms with Crippen LogP contribution in [0.5, 0.6) is 5.75 Å². The Balaban J connectivity index is 1.49. The SMILES string of the molecule is COc1ccc(CCC(=O)OCc2cc(-c3ccccc3F)on2)cc1. The minimum absolute atomic E-state index is 0.0145. The Bertz CT molecular complexity index is 874. The molecule has 0 aliphatic rings. The third-order valence-corrected chi connectivity index (χ3v) is 3.86. The Labute approximate surface area is 150 Å². The Morgan fingerprint density at radius 3 is 2.65 bits per heavy atom. The van der Waals surface area contributed by atoms with E-state index in [4.69, 9.17) is 14.0 Å². The van der Waals surface area contributed by atoms with Crippen molar-refractivity contribution in [1.82, 2.24) is 5.16 Å². The molecule has 0 N–H and O–H groups in total. The molecule has 3 aromatic rings. The molecule has 0 radical (unpaired) electrons. The molecule has 0 bridgehead atoms. The van der Waals surface area contributed by atoms with E-state index in [0.29, 0.717) is 23.4 Å². The topological polar surface area (TPSA) is 61.6 Å². The van der Waals surface area contributed by atoms with E-state index in [0.717, 1.165) is 11.3 Å². The highest BCUT2D eigenvalue weighted by atomic mass is 19.1. The van der Waals surface area contributed by atoms with Gasteiger partial charge >= 0.3 is 5.97 Å². The molecule has 0 spiro atoms. The zero-order valence-electron chi connectivity index (χ0n) is 14.3. The van der Waals surface area contributed by atoms with Crippen molar-refractivity contribution in [3.8, 4) is 17.1 Å². The second kappa shape index (κ2) is 8.29. The second-order valence-electron chi connectivity index (χ2n) is 5.67. The first kappa shape index (κ1) is 17.7. The first-order chi connectivity index (χ1) is 12.7. The average Bonchev–Trinajstić information content (AvgIpc) is 3.14. The van der Waals surface area contributed by atoms with Crippen LogP contribution in [0.2, 0.25) is 0 Å². The number of halogens is 1. The van der Waals surface area contributed by atoms with Gasteiger partial charge in [-0.15, -0.1) is 0 Å². The van der Waals surface area contributed by atoms with E-state index in [1.54, 1.807) is 31.4 Å². The number of benzene rings is 2. The number of rotatable bonds is 7. The van der Waals surface area contributed by atoms with Gasteiger partial charge in [0.15, 0.2) is 5.76 Å². The zero-order chi connectivity index (χ0) is 18.4. The molecular weight excluding hydrogens is 337 g/mol. The lowest BCUT2D eigenvalue weighted by Crippen LogP contribution is -2.06. The van der Waals surface area contributed by atoms with Crippen molar-refractivity contribution in [2.75, 3.05) is 7.11 Å². The number of aryl methyl sites for hydroxylation is 1. The average molecular weight is 355 g/mol. The maximum atomic E-state index is 13.7. The van der Waals surface area contributed by atoms with Gasteiger partial charge in [0.2, 0.25) is 0 Å². The lowest BCUT2D eigenvalue weighted by molar-refractivity contribution is -0.145. The maximum absolute atomic E-state index is 13.7. The van der Waals surface area contributed by atoms with Gasteiger partial charge in [-0.1, -0.05) is 29.4 Å². The van der Waals surface area contributed by atoms with Gasteiger partial charge in [-0.05, 0) is 36.2 Å². The third-order valence-electron chi connectivity index (χ3n) is 3.86. The van der Waals surface area contributed by atoms with Crippen molar-refractivity contribution in [3.05, 3.63) is 71.7 Å². The van der Waals surface area contributed by atoms with Crippen molar-refractivity contribution >= 4 is 5.97 Å². The molecule has 5 nitrogen and oxygen atoms in total. The van der Waals surface area contributed by atoms with Crippen molar-refractivity contribution in [3.63, 3.8) is 0 Å².